The monoisotopic (exact) mass is 353 g/mol. The highest BCUT2D eigenvalue weighted by Gasteiger charge is 2.34. The summed E-state index contributed by atoms with van der Waals surface area (Å²) in [6, 6.07) is 6.39. The Morgan fingerprint density at radius 1 is 1.21 bits per heavy atom. The molecule has 1 aliphatic heterocycles. The fourth-order valence-corrected chi connectivity index (χ4v) is 4.10. The van der Waals surface area contributed by atoms with Crippen molar-refractivity contribution in [2.75, 3.05) is 37.6 Å². The van der Waals surface area contributed by atoms with Gasteiger partial charge in [0.2, 0.25) is 0 Å². The van der Waals surface area contributed by atoms with Crippen molar-refractivity contribution in [3.8, 4) is 0 Å². The van der Waals surface area contributed by atoms with Gasteiger partial charge in [0, 0.05) is 38.8 Å². The van der Waals surface area contributed by atoms with Crippen LogP contribution in [0.5, 0.6) is 0 Å². The lowest BCUT2D eigenvalue weighted by Crippen LogP contribution is -2.48. The molecule has 0 unspecified atom stereocenters. The number of anilines is 1. The van der Waals surface area contributed by atoms with Crippen LogP contribution in [0.25, 0.3) is 0 Å². The van der Waals surface area contributed by atoms with Crippen LogP contribution in [0.4, 0.5) is 10.1 Å². The third kappa shape index (κ3) is 4.22. The molecule has 2 aliphatic rings. The highest BCUT2D eigenvalue weighted by atomic mass is 35.5. The zero-order valence-electron chi connectivity index (χ0n) is 14.6. The van der Waals surface area contributed by atoms with Gasteiger partial charge in [-0.05, 0) is 50.7 Å². The van der Waals surface area contributed by atoms with Crippen molar-refractivity contribution in [1.82, 2.24) is 4.90 Å². The molecule has 2 N–H and O–H groups in total. The Morgan fingerprint density at radius 2 is 1.88 bits per heavy atom. The first-order valence-corrected chi connectivity index (χ1v) is 9.52. The van der Waals surface area contributed by atoms with Gasteiger partial charge in [-0.3, -0.25) is 4.90 Å². The van der Waals surface area contributed by atoms with Crippen molar-refractivity contribution >= 4 is 17.3 Å². The standard InChI is InChI=1S/C19H29ClFN3/c1-15-3-2-4-17(18(15)20)24-13-11-23(12-14-24)10-9-19(21)7-5-16(22)6-8-19/h2-4,16H,5-14,22H2,1H3. The molecule has 1 saturated heterocycles. The molecule has 5 heteroatoms. The van der Waals surface area contributed by atoms with Crippen LogP contribution < -0.4 is 10.6 Å². The Labute approximate surface area is 149 Å². The van der Waals surface area contributed by atoms with Crippen LogP contribution in [-0.2, 0) is 0 Å². The first-order valence-electron chi connectivity index (χ1n) is 9.14. The number of hydrogen-bond donors (Lipinski definition) is 1. The van der Waals surface area contributed by atoms with E-state index in [1.54, 1.807) is 0 Å². The Balaban J connectivity index is 1.48. The first-order chi connectivity index (χ1) is 11.5. The van der Waals surface area contributed by atoms with E-state index in [0.29, 0.717) is 19.3 Å². The highest BCUT2D eigenvalue weighted by molar-refractivity contribution is 6.34. The van der Waals surface area contributed by atoms with Crippen LogP contribution in [0.3, 0.4) is 0 Å². The lowest BCUT2D eigenvalue weighted by Gasteiger charge is -2.39. The molecule has 3 nitrogen and oxygen atoms in total. The maximum atomic E-state index is 14.8. The van der Waals surface area contributed by atoms with Crippen molar-refractivity contribution in [3.63, 3.8) is 0 Å². The molecule has 0 bridgehead atoms. The minimum Gasteiger partial charge on any atom is -0.368 e. The summed E-state index contributed by atoms with van der Waals surface area (Å²) < 4.78 is 14.8. The highest BCUT2D eigenvalue weighted by Crippen LogP contribution is 2.35. The topological polar surface area (TPSA) is 32.5 Å². The fourth-order valence-electron chi connectivity index (χ4n) is 3.85. The zero-order valence-corrected chi connectivity index (χ0v) is 15.4. The number of benzene rings is 1. The van der Waals surface area contributed by atoms with Crippen molar-refractivity contribution in [2.24, 2.45) is 5.73 Å². The number of hydrogen-bond acceptors (Lipinski definition) is 3. The number of rotatable bonds is 4. The van der Waals surface area contributed by atoms with Crippen molar-refractivity contribution in [1.29, 1.82) is 0 Å². The van der Waals surface area contributed by atoms with Gasteiger partial charge in [0.05, 0.1) is 10.7 Å². The number of nitrogens with zero attached hydrogens (tertiary/aromatic N) is 2. The smallest absolute Gasteiger partial charge is 0.112 e. The lowest BCUT2D eigenvalue weighted by atomic mass is 9.82. The molecule has 1 saturated carbocycles. The van der Waals surface area contributed by atoms with Crippen LogP contribution in [0, 0.1) is 6.92 Å². The summed E-state index contributed by atoms with van der Waals surface area (Å²) in [5, 5.41) is 0.854. The van der Waals surface area contributed by atoms with Gasteiger partial charge in [0.25, 0.3) is 0 Å². The second-order valence-electron chi connectivity index (χ2n) is 7.48. The molecule has 0 radical (unpaired) electrons. The number of alkyl halides is 1. The van der Waals surface area contributed by atoms with E-state index in [0.717, 1.165) is 61.8 Å². The normalized spacial score (nSPS) is 29.0. The molecule has 134 valence electrons. The molecule has 0 spiro atoms. The maximum Gasteiger partial charge on any atom is 0.112 e. The van der Waals surface area contributed by atoms with Crippen molar-refractivity contribution in [3.05, 3.63) is 28.8 Å². The van der Waals surface area contributed by atoms with Crippen LogP contribution in [0.2, 0.25) is 5.02 Å². The van der Waals surface area contributed by atoms with Crippen LogP contribution in [-0.4, -0.2) is 49.3 Å². The summed E-state index contributed by atoms with van der Waals surface area (Å²) in [4.78, 5) is 4.73. The molecule has 24 heavy (non-hydrogen) atoms. The van der Waals surface area contributed by atoms with Gasteiger partial charge < -0.3 is 10.6 Å². The average molecular weight is 354 g/mol. The Bertz CT molecular complexity index is 550. The summed E-state index contributed by atoms with van der Waals surface area (Å²) in [6.07, 6.45) is 3.57. The van der Waals surface area contributed by atoms with Gasteiger partial charge in [-0.1, -0.05) is 23.7 Å². The predicted molar refractivity (Wildman–Crippen MR) is 99.7 cm³/mol. The summed E-state index contributed by atoms with van der Waals surface area (Å²) in [5.41, 5.74) is 7.14. The molecule has 1 heterocycles. The van der Waals surface area contributed by atoms with E-state index in [1.807, 2.05) is 13.0 Å². The quantitative estimate of drug-likeness (QED) is 0.894. The van der Waals surface area contributed by atoms with Crippen molar-refractivity contribution in [2.45, 2.75) is 50.7 Å². The van der Waals surface area contributed by atoms with Crippen LogP contribution in [0.1, 0.15) is 37.7 Å². The molecule has 0 atom stereocenters. The molecule has 2 fully saturated rings. The van der Waals surface area contributed by atoms with E-state index >= 15 is 0 Å². The van der Waals surface area contributed by atoms with Crippen LogP contribution in [0.15, 0.2) is 18.2 Å². The van der Waals surface area contributed by atoms with Gasteiger partial charge >= 0.3 is 0 Å². The first kappa shape index (κ1) is 18.0. The second-order valence-corrected chi connectivity index (χ2v) is 7.85. The minimum atomic E-state index is -0.993. The molecule has 1 aromatic carbocycles. The van der Waals surface area contributed by atoms with E-state index in [-0.39, 0.29) is 6.04 Å². The van der Waals surface area contributed by atoms with Crippen LogP contribution >= 0.6 is 11.6 Å². The van der Waals surface area contributed by atoms with Gasteiger partial charge in [0.1, 0.15) is 5.67 Å². The molecular weight excluding hydrogens is 325 g/mol. The van der Waals surface area contributed by atoms with E-state index in [1.165, 1.54) is 0 Å². The van der Waals surface area contributed by atoms with Gasteiger partial charge in [-0.2, -0.15) is 0 Å². The second kappa shape index (κ2) is 7.59. The zero-order chi connectivity index (χ0) is 17.2. The predicted octanol–water partition coefficient (Wildman–Crippen LogP) is 3.77. The third-order valence-corrected chi connectivity index (χ3v) is 6.18. The van der Waals surface area contributed by atoms with E-state index in [9.17, 15) is 4.39 Å². The van der Waals surface area contributed by atoms with Crippen molar-refractivity contribution < 1.29 is 4.39 Å². The Hall–Kier alpha value is -0.840. The summed E-state index contributed by atoms with van der Waals surface area (Å²) in [5.74, 6) is 0. The molecule has 0 amide bonds. The fraction of sp³-hybridized carbons (Fsp3) is 0.684. The maximum absolute atomic E-state index is 14.8. The SMILES string of the molecule is Cc1cccc(N2CCN(CCC3(F)CCC(N)CC3)CC2)c1Cl. The largest absolute Gasteiger partial charge is 0.368 e. The Morgan fingerprint density at radius 3 is 2.54 bits per heavy atom. The molecule has 3 rings (SSSR count). The van der Waals surface area contributed by atoms with E-state index in [4.69, 9.17) is 17.3 Å². The number of aryl methyl sites for hydroxylation is 1. The van der Waals surface area contributed by atoms with Gasteiger partial charge in [0.15, 0.2) is 0 Å². The van der Waals surface area contributed by atoms with E-state index in [2.05, 4.69) is 21.9 Å². The number of halogens is 2. The summed E-state index contributed by atoms with van der Waals surface area (Å²) in [6.45, 7) is 6.74. The lowest BCUT2D eigenvalue weighted by molar-refractivity contribution is 0.0727. The van der Waals surface area contributed by atoms with Gasteiger partial charge in [-0.15, -0.1) is 0 Å². The van der Waals surface area contributed by atoms with Gasteiger partial charge in [-0.25, -0.2) is 4.39 Å². The molecule has 1 aliphatic carbocycles. The average Bonchev–Trinajstić information content (AvgIpc) is 2.59. The van der Waals surface area contributed by atoms with E-state index < -0.39 is 5.67 Å². The molecular formula is C19H29ClFN3. The summed E-state index contributed by atoms with van der Waals surface area (Å²) >= 11 is 6.44. The molecule has 1 aromatic rings. The Kier molecular flexibility index (Phi) is 5.68. The summed E-state index contributed by atoms with van der Waals surface area (Å²) in [7, 11) is 0. The number of nitrogens with two attached hydrogens (primary N) is 1. The molecule has 0 aromatic heterocycles. The minimum absolute atomic E-state index is 0.205. The third-order valence-electron chi connectivity index (χ3n) is 5.69. The number of piperazine rings is 1.